The van der Waals surface area contributed by atoms with Crippen molar-refractivity contribution in [3.05, 3.63) is 0 Å². The van der Waals surface area contributed by atoms with Gasteiger partial charge >= 0.3 is 0 Å². The monoisotopic (exact) mass is 276 g/mol. The molecule has 0 unspecified atom stereocenters. The Kier molecular flexibility index (Phi) is 8.26. The van der Waals surface area contributed by atoms with Gasteiger partial charge in [-0.2, -0.15) is 10.5 Å². The standard InChI is InChI=1S/C16H28N4/c1-3-15-13-20(12-8-6-10-18)16(4-2)14-19(15)11-7-5-9-17/h15-16H,3-8,11-14H2,1-2H3/t15-,16+. The maximum atomic E-state index is 8.68. The summed E-state index contributed by atoms with van der Waals surface area (Å²) >= 11 is 0. The summed E-state index contributed by atoms with van der Waals surface area (Å²) in [6.45, 7) is 8.84. The van der Waals surface area contributed by atoms with Gasteiger partial charge in [-0.1, -0.05) is 13.8 Å². The van der Waals surface area contributed by atoms with Crippen molar-refractivity contribution >= 4 is 0 Å². The highest BCUT2D eigenvalue weighted by Gasteiger charge is 2.31. The molecule has 1 fully saturated rings. The maximum Gasteiger partial charge on any atom is 0.0622 e. The predicted octanol–water partition coefficient (Wildman–Crippen LogP) is 2.77. The van der Waals surface area contributed by atoms with Crippen LogP contribution in [0.1, 0.15) is 52.4 Å². The molecule has 1 rings (SSSR count). The second-order valence-electron chi connectivity index (χ2n) is 5.64. The highest BCUT2D eigenvalue weighted by atomic mass is 15.3. The highest BCUT2D eigenvalue weighted by Crippen LogP contribution is 2.20. The van der Waals surface area contributed by atoms with E-state index in [1.165, 1.54) is 0 Å². The van der Waals surface area contributed by atoms with Crippen molar-refractivity contribution in [1.82, 2.24) is 9.80 Å². The first-order valence-corrected chi connectivity index (χ1v) is 7.98. The van der Waals surface area contributed by atoms with Gasteiger partial charge in [0.05, 0.1) is 12.1 Å². The van der Waals surface area contributed by atoms with Crippen LogP contribution in [0.2, 0.25) is 0 Å². The molecule has 1 heterocycles. The molecule has 0 bridgehead atoms. The van der Waals surface area contributed by atoms with Gasteiger partial charge in [0.2, 0.25) is 0 Å². The zero-order chi connectivity index (χ0) is 14.8. The second kappa shape index (κ2) is 9.75. The Balaban J connectivity index is 2.53. The summed E-state index contributed by atoms with van der Waals surface area (Å²) in [6.07, 6.45) is 5.62. The highest BCUT2D eigenvalue weighted by molar-refractivity contribution is 4.88. The summed E-state index contributed by atoms with van der Waals surface area (Å²) in [7, 11) is 0. The minimum absolute atomic E-state index is 0.610. The lowest BCUT2D eigenvalue weighted by Gasteiger charge is -2.46. The number of piperazine rings is 1. The molecule has 4 heteroatoms. The van der Waals surface area contributed by atoms with Gasteiger partial charge in [-0.3, -0.25) is 9.80 Å². The van der Waals surface area contributed by atoms with E-state index in [4.69, 9.17) is 10.5 Å². The van der Waals surface area contributed by atoms with Crippen molar-refractivity contribution < 1.29 is 0 Å². The number of nitrogens with zero attached hydrogens (tertiary/aromatic N) is 4. The second-order valence-corrected chi connectivity index (χ2v) is 5.64. The summed E-state index contributed by atoms with van der Waals surface area (Å²) in [5.74, 6) is 0. The van der Waals surface area contributed by atoms with E-state index >= 15 is 0 Å². The molecule has 0 aromatic carbocycles. The van der Waals surface area contributed by atoms with E-state index in [1.807, 2.05) is 0 Å². The zero-order valence-electron chi connectivity index (χ0n) is 13.0. The van der Waals surface area contributed by atoms with Crippen LogP contribution in [-0.2, 0) is 0 Å². The first-order chi connectivity index (χ1) is 9.76. The van der Waals surface area contributed by atoms with Crippen molar-refractivity contribution in [1.29, 1.82) is 10.5 Å². The van der Waals surface area contributed by atoms with Gasteiger partial charge in [0.1, 0.15) is 0 Å². The molecule has 1 saturated heterocycles. The summed E-state index contributed by atoms with van der Waals surface area (Å²) < 4.78 is 0. The molecular formula is C16H28N4. The predicted molar refractivity (Wildman–Crippen MR) is 81.0 cm³/mol. The third kappa shape index (κ3) is 5.12. The molecule has 4 nitrogen and oxygen atoms in total. The van der Waals surface area contributed by atoms with Gasteiger partial charge in [-0.15, -0.1) is 0 Å². The topological polar surface area (TPSA) is 54.1 Å². The summed E-state index contributed by atoms with van der Waals surface area (Å²) in [4.78, 5) is 5.15. The minimum atomic E-state index is 0.610. The summed E-state index contributed by atoms with van der Waals surface area (Å²) in [6, 6.07) is 5.70. The number of unbranched alkanes of at least 4 members (excludes halogenated alkanes) is 2. The van der Waals surface area contributed by atoms with Crippen LogP contribution in [0.15, 0.2) is 0 Å². The number of hydrogen-bond donors (Lipinski definition) is 0. The van der Waals surface area contributed by atoms with E-state index < -0.39 is 0 Å². The first-order valence-electron chi connectivity index (χ1n) is 7.98. The van der Waals surface area contributed by atoms with E-state index in [1.54, 1.807) is 0 Å². The molecular weight excluding hydrogens is 248 g/mol. The van der Waals surface area contributed by atoms with E-state index in [2.05, 4.69) is 35.8 Å². The number of rotatable bonds is 8. The Labute approximate surface area is 124 Å². The van der Waals surface area contributed by atoms with E-state index in [9.17, 15) is 0 Å². The van der Waals surface area contributed by atoms with Crippen LogP contribution in [0, 0.1) is 22.7 Å². The normalized spacial score (nSPS) is 24.2. The molecule has 0 aromatic heterocycles. The lowest BCUT2D eigenvalue weighted by molar-refractivity contribution is 0.0239. The van der Waals surface area contributed by atoms with E-state index in [-0.39, 0.29) is 0 Å². The summed E-state index contributed by atoms with van der Waals surface area (Å²) in [5, 5.41) is 17.4. The molecule has 1 aliphatic rings. The lowest BCUT2D eigenvalue weighted by Crippen LogP contribution is -2.58. The fraction of sp³-hybridized carbons (Fsp3) is 0.875. The largest absolute Gasteiger partial charge is 0.298 e. The average molecular weight is 276 g/mol. The molecule has 2 atom stereocenters. The van der Waals surface area contributed by atoms with Crippen LogP contribution in [0.4, 0.5) is 0 Å². The Morgan fingerprint density at radius 2 is 1.25 bits per heavy atom. The van der Waals surface area contributed by atoms with Gasteiger partial charge in [-0.05, 0) is 38.8 Å². The van der Waals surface area contributed by atoms with Crippen molar-refractivity contribution in [3.8, 4) is 12.1 Å². The zero-order valence-corrected chi connectivity index (χ0v) is 13.0. The van der Waals surface area contributed by atoms with E-state index in [0.29, 0.717) is 24.9 Å². The molecule has 0 saturated carbocycles. The molecule has 0 amide bonds. The maximum absolute atomic E-state index is 8.68. The molecule has 0 aliphatic carbocycles. The molecule has 0 aromatic rings. The Hall–Kier alpha value is -1.10. The Morgan fingerprint density at radius 1 is 0.850 bits per heavy atom. The molecule has 1 aliphatic heterocycles. The van der Waals surface area contributed by atoms with Gasteiger partial charge in [0.25, 0.3) is 0 Å². The van der Waals surface area contributed by atoms with Crippen molar-refractivity contribution in [3.63, 3.8) is 0 Å². The Morgan fingerprint density at radius 3 is 1.55 bits per heavy atom. The third-order valence-corrected chi connectivity index (χ3v) is 4.33. The van der Waals surface area contributed by atoms with Crippen LogP contribution in [-0.4, -0.2) is 48.1 Å². The number of nitriles is 2. The molecule has 0 spiro atoms. The van der Waals surface area contributed by atoms with Crippen LogP contribution in [0.25, 0.3) is 0 Å². The smallest absolute Gasteiger partial charge is 0.0622 e. The van der Waals surface area contributed by atoms with Crippen molar-refractivity contribution in [2.24, 2.45) is 0 Å². The fourth-order valence-electron chi connectivity index (χ4n) is 3.12. The fourth-order valence-corrected chi connectivity index (χ4v) is 3.12. The van der Waals surface area contributed by atoms with E-state index in [0.717, 1.165) is 51.9 Å². The SMILES string of the molecule is CC[C@@H]1CN(CCCC#N)[C@@H](CC)CN1CCCC#N. The van der Waals surface area contributed by atoms with Crippen molar-refractivity contribution in [2.45, 2.75) is 64.5 Å². The van der Waals surface area contributed by atoms with Gasteiger partial charge in [-0.25, -0.2) is 0 Å². The lowest BCUT2D eigenvalue weighted by atomic mass is 10.0. The summed E-state index contributed by atoms with van der Waals surface area (Å²) in [5.41, 5.74) is 0. The van der Waals surface area contributed by atoms with Crippen LogP contribution >= 0.6 is 0 Å². The quantitative estimate of drug-likeness (QED) is 0.640. The first kappa shape index (κ1) is 17.0. The molecule has 0 N–H and O–H groups in total. The van der Waals surface area contributed by atoms with Crippen LogP contribution < -0.4 is 0 Å². The van der Waals surface area contributed by atoms with Crippen LogP contribution in [0.5, 0.6) is 0 Å². The molecule has 20 heavy (non-hydrogen) atoms. The van der Waals surface area contributed by atoms with Gasteiger partial charge in [0, 0.05) is 38.0 Å². The number of hydrogen-bond acceptors (Lipinski definition) is 4. The average Bonchev–Trinajstić information content (AvgIpc) is 2.48. The third-order valence-electron chi connectivity index (χ3n) is 4.33. The van der Waals surface area contributed by atoms with Gasteiger partial charge < -0.3 is 0 Å². The Bertz CT molecular complexity index is 307. The van der Waals surface area contributed by atoms with Crippen molar-refractivity contribution in [2.75, 3.05) is 26.2 Å². The van der Waals surface area contributed by atoms with Crippen LogP contribution in [0.3, 0.4) is 0 Å². The molecule has 112 valence electrons. The minimum Gasteiger partial charge on any atom is -0.298 e. The van der Waals surface area contributed by atoms with Gasteiger partial charge in [0.15, 0.2) is 0 Å². The molecule has 0 radical (unpaired) electrons.